The third-order valence-electron chi connectivity index (χ3n) is 6.01. The quantitative estimate of drug-likeness (QED) is 0.801. The van der Waals surface area contributed by atoms with E-state index in [1.165, 1.54) is 12.1 Å². The molecule has 2 bridgehead atoms. The highest BCUT2D eigenvalue weighted by molar-refractivity contribution is 5.81. The Labute approximate surface area is 175 Å². The van der Waals surface area contributed by atoms with Crippen molar-refractivity contribution in [1.82, 2.24) is 9.47 Å². The first-order valence-electron chi connectivity index (χ1n) is 10.0. The molecule has 0 spiro atoms. The largest absolute Gasteiger partial charge is 0.481 e. The maximum absolute atomic E-state index is 13.1. The van der Waals surface area contributed by atoms with Gasteiger partial charge in [0.05, 0.1) is 12.0 Å². The van der Waals surface area contributed by atoms with Gasteiger partial charge in [0.15, 0.2) is 0 Å². The van der Waals surface area contributed by atoms with E-state index in [4.69, 9.17) is 5.11 Å². The van der Waals surface area contributed by atoms with Gasteiger partial charge in [0.25, 0.3) is 5.56 Å². The average molecular weight is 434 g/mol. The van der Waals surface area contributed by atoms with E-state index < -0.39 is 17.7 Å². The number of amides is 1. The van der Waals surface area contributed by atoms with Crippen molar-refractivity contribution in [3.63, 3.8) is 0 Å². The second-order valence-corrected chi connectivity index (χ2v) is 8.16. The number of halogens is 3. The number of hydrogen-bond donors (Lipinski definition) is 1. The molecular weight excluding hydrogens is 413 g/mol. The second-order valence-electron chi connectivity index (χ2n) is 8.16. The molecule has 0 unspecified atom stereocenters. The summed E-state index contributed by atoms with van der Waals surface area (Å²) in [5.74, 6) is -1.27. The van der Waals surface area contributed by atoms with Gasteiger partial charge in [0.2, 0.25) is 5.91 Å². The smallest absolute Gasteiger partial charge is 0.416 e. The number of nitrogens with zero attached hydrogens (tertiary/aromatic N) is 2. The Hall–Kier alpha value is -3.10. The molecule has 3 heterocycles. The summed E-state index contributed by atoms with van der Waals surface area (Å²) < 4.78 is 40.8. The molecule has 1 amide bonds. The molecule has 4 rings (SSSR count). The molecule has 164 valence electrons. The summed E-state index contributed by atoms with van der Waals surface area (Å²) in [7, 11) is 0. The van der Waals surface area contributed by atoms with Crippen molar-refractivity contribution < 1.29 is 27.9 Å². The molecule has 2 aliphatic heterocycles. The van der Waals surface area contributed by atoms with Crippen LogP contribution in [0.5, 0.6) is 0 Å². The number of benzene rings is 1. The number of carbonyl (C=O) groups is 2. The highest BCUT2D eigenvalue weighted by Gasteiger charge is 2.37. The van der Waals surface area contributed by atoms with E-state index in [9.17, 15) is 27.6 Å². The number of carboxylic acid groups (broad SMARTS) is 1. The van der Waals surface area contributed by atoms with Gasteiger partial charge in [0.1, 0.15) is 0 Å². The zero-order valence-electron chi connectivity index (χ0n) is 16.6. The van der Waals surface area contributed by atoms with Crippen LogP contribution < -0.4 is 5.56 Å². The van der Waals surface area contributed by atoms with Crippen molar-refractivity contribution >= 4 is 11.9 Å². The van der Waals surface area contributed by atoms with Crippen molar-refractivity contribution in [3.8, 4) is 11.1 Å². The molecule has 1 N–H and O–H groups in total. The number of fused-ring (bicyclic) bond motifs is 4. The van der Waals surface area contributed by atoms with Gasteiger partial charge in [-0.05, 0) is 42.2 Å². The number of aromatic nitrogens is 1. The third-order valence-corrected chi connectivity index (χ3v) is 6.01. The van der Waals surface area contributed by atoms with Gasteiger partial charge < -0.3 is 14.6 Å². The van der Waals surface area contributed by atoms with Crippen LogP contribution in [0.2, 0.25) is 0 Å². The van der Waals surface area contributed by atoms with Gasteiger partial charge in [-0.25, -0.2) is 0 Å². The normalized spacial score (nSPS) is 20.3. The summed E-state index contributed by atoms with van der Waals surface area (Å²) in [6.07, 6.45) is -3.96. The first-order chi connectivity index (χ1) is 14.6. The molecule has 6 nitrogen and oxygen atoms in total. The van der Waals surface area contributed by atoms with Crippen LogP contribution in [0.15, 0.2) is 41.2 Å². The van der Waals surface area contributed by atoms with Crippen molar-refractivity contribution in [3.05, 3.63) is 58.0 Å². The summed E-state index contributed by atoms with van der Waals surface area (Å²) in [4.78, 5) is 37.9. The summed E-state index contributed by atoms with van der Waals surface area (Å²) in [5, 5.41) is 8.79. The lowest BCUT2D eigenvalue weighted by Gasteiger charge is -2.43. The van der Waals surface area contributed by atoms with E-state index in [0.29, 0.717) is 19.6 Å². The standard InChI is InChI=1S/C22H21F3N2O4/c23-22(24,25)16-3-1-2-14(9-16)17-4-5-18-15-8-13(11-27(18)21(17)31)10-26(12-15)19(28)6-7-20(29)30/h1-5,9,13,15H,6-8,10-12H2,(H,29,30)/t13-,15-/m1/s1. The number of alkyl halides is 3. The summed E-state index contributed by atoms with van der Waals surface area (Å²) in [5.41, 5.74) is 0.0462. The number of carbonyl (C=O) groups excluding carboxylic acids is 1. The van der Waals surface area contributed by atoms with Gasteiger partial charge in [-0.2, -0.15) is 13.2 Å². The van der Waals surface area contributed by atoms with Crippen molar-refractivity contribution in [1.29, 1.82) is 0 Å². The lowest BCUT2D eigenvalue weighted by Crippen LogP contribution is -2.49. The molecule has 0 radical (unpaired) electrons. The summed E-state index contributed by atoms with van der Waals surface area (Å²) in [6, 6.07) is 8.04. The SMILES string of the molecule is O=C(O)CCC(=O)N1C[C@H]2C[C@H](C1)c1ccc(-c3cccc(C(F)(F)F)c3)c(=O)n1C2. The molecular formula is C22H21F3N2O4. The fourth-order valence-corrected chi connectivity index (χ4v) is 4.60. The molecule has 1 aromatic carbocycles. The number of hydrogen-bond acceptors (Lipinski definition) is 3. The fraction of sp³-hybridized carbons (Fsp3) is 0.409. The van der Waals surface area contributed by atoms with Crippen molar-refractivity contribution in [2.75, 3.05) is 13.1 Å². The van der Waals surface area contributed by atoms with E-state index in [-0.39, 0.29) is 47.3 Å². The zero-order valence-corrected chi connectivity index (χ0v) is 16.6. The maximum Gasteiger partial charge on any atom is 0.416 e. The van der Waals surface area contributed by atoms with Gasteiger partial charge in [-0.15, -0.1) is 0 Å². The lowest BCUT2D eigenvalue weighted by atomic mass is 9.82. The molecule has 2 aliphatic rings. The topological polar surface area (TPSA) is 79.6 Å². The van der Waals surface area contributed by atoms with Gasteiger partial charge in [0, 0.05) is 43.2 Å². The van der Waals surface area contributed by atoms with Gasteiger partial charge >= 0.3 is 12.1 Å². The monoisotopic (exact) mass is 434 g/mol. The van der Waals surface area contributed by atoms with Crippen LogP contribution in [0.3, 0.4) is 0 Å². The van der Waals surface area contributed by atoms with E-state index in [1.54, 1.807) is 21.6 Å². The molecule has 0 aliphatic carbocycles. The van der Waals surface area contributed by atoms with Crippen LogP contribution in [-0.2, 0) is 22.3 Å². The highest BCUT2D eigenvalue weighted by atomic mass is 19.4. The van der Waals surface area contributed by atoms with Crippen LogP contribution in [0.1, 0.15) is 36.4 Å². The maximum atomic E-state index is 13.1. The first-order valence-corrected chi connectivity index (χ1v) is 10.0. The van der Waals surface area contributed by atoms with Gasteiger partial charge in [-0.3, -0.25) is 14.4 Å². The second kappa shape index (κ2) is 7.86. The van der Waals surface area contributed by atoms with Crippen molar-refractivity contribution in [2.24, 2.45) is 5.92 Å². The average Bonchev–Trinajstić information content (AvgIpc) is 2.72. The van der Waals surface area contributed by atoms with E-state index in [1.807, 2.05) is 0 Å². The third kappa shape index (κ3) is 4.22. The number of pyridine rings is 1. The van der Waals surface area contributed by atoms with Crippen molar-refractivity contribution in [2.45, 2.75) is 37.9 Å². The minimum atomic E-state index is -4.49. The molecule has 1 aromatic heterocycles. The minimum absolute atomic E-state index is 0.0366. The Morgan fingerprint density at radius 2 is 1.84 bits per heavy atom. The zero-order chi connectivity index (χ0) is 22.3. The minimum Gasteiger partial charge on any atom is -0.481 e. The Balaban J connectivity index is 1.62. The number of carboxylic acids is 1. The predicted molar refractivity (Wildman–Crippen MR) is 105 cm³/mol. The summed E-state index contributed by atoms with van der Waals surface area (Å²) >= 11 is 0. The first kappa shape index (κ1) is 21.1. The van der Waals surface area contributed by atoms with E-state index in [2.05, 4.69) is 0 Å². The van der Waals surface area contributed by atoms with Crippen LogP contribution in [0, 0.1) is 5.92 Å². The molecule has 2 atom stereocenters. The number of piperidine rings is 1. The Morgan fingerprint density at radius 1 is 1.06 bits per heavy atom. The Kier molecular flexibility index (Phi) is 5.36. The van der Waals surface area contributed by atoms with Crippen LogP contribution in [0.25, 0.3) is 11.1 Å². The molecule has 31 heavy (non-hydrogen) atoms. The fourth-order valence-electron chi connectivity index (χ4n) is 4.60. The van der Waals surface area contributed by atoms with E-state index >= 15 is 0 Å². The number of likely N-dealkylation sites (tertiary alicyclic amines) is 1. The predicted octanol–water partition coefficient (Wildman–Crippen LogP) is 3.34. The van der Waals surface area contributed by atoms with Crippen LogP contribution >= 0.6 is 0 Å². The lowest BCUT2D eigenvalue weighted by molar-refractivity contribution is -0.141. The van der Waals surface area contributed by atoms with Crippen LogP contribution in [0.4, 0.5) is 13.2 Å². The van der Waals surface area contributed by atoms with Gasteiger partial charge in [-0.1, -0.05) is 12.1 Å². The molecule has 1 fully saturated rings. The molecule has 2 aromatic rings. The molecule has 1 saturated heterocycles. The number of rotatable bonds is 4. The highest BCUT2D eigenvalue weighted by Crippen LogP contribution is 2.37. The van der Waals surface area contributed by atoms with E-state index in [0.717, 1.165) is 24.2 Å². The number of aliphatic carboxylic acids is 1. The Morgan fingerprint density at radius 3 is 2.55 bits per heavy atom. The molecule has 9 heteroatoms. The Bertz CT molecular complexity index is 1090. The molecule has 0 saturated carbocycles. The summed E-state index contributed by atoms with van der Waals surface area (Å²) in [6.45, 7) is 1.21. The van der Waals surface area contributed by atoms with Crippen LogP contribution in [-0.4, -0.2) is 39.5 Å².